The predicted molar refractivity (Wildman–Crippen MR) is 86.6 cm³/mol. The molecule has 8 heteroatoms. The van der Waals surface area contributed by atoms with Crippen LogP contribution in [0.15, 0.2) is 23.1 Å². The summed E-state index contributed by atoms with van der Waals surface area (Å²) in [6, 6.07) is 4.65. The molecule has 0 radical (unpaired) electrons. The Hall–Kier alpha value is -1.35. The van der Waals surface area contributed by atoms with Crippen molar-refractivity contribution in [2.75, 3.05) is 47.1 Å². The first-order valence-corrected chi connectivity index (χ1v) is 8.99. The van der Waals surface area contributed by atoms with Crippen molar-refractivity contribution in [2.45, 2.75) is 17.9 Å². The van der Waals surface area contributed by atoms with Crippen molar-refractivity contribution in [2.24, 2.45) is 0 Å². The maximum Gasteiger partial charge on any atom is 0.240 e. The van der Waals surface area contributed by atoms with Crippen LogP contribution in [0.25, 0.3) is 0 Å². The SMILES string of the molecule is COc1ccc(S(=O)(=O)NCC(C)N2CCOCC2)cc1OC. The fourth-order valence-electron chi connectivity index (χ4n) is 2.44. The van der Waals surface area contributed by atoms with Gasteiger partial charge in [-0.15, -0.1) is 0 Å². The molecule has 0 spiro atoms. The number of nitrogens with zero attached hydrogens (tertiary/aromatic N) is 1. The maximum absolute atomic E-state index is 12.4. The van der Waals surface area contributed by atoms with Crippen LogP contribution in [-0.4, -0.2) is 66.4 Å². The van der Waals surface area contributed by atoms with Gasteiger partial charge < -0.3 is 14.2 Å². The number of nitrogens with one attached hydrogen (secondary N) is 1. The van der Waals surface area contributed by atoms with Gasteiger partial charge in [0, 0.05) is 31.7 Å². The molecule has 0 saturated carbocycles. The second-order valence-electron chi connectivity index (χ2n) is 5.37. The number of rotatable bonds is 7. The summed E-state index contributed by atoms with van der Waals surface area (Å²) in [5.74, 6) is 0.879. The van der Waals surface area contributed by atoms with Crippen molar-refractivity contribution >= 4 is 10.0 Å². The summed E-state index contributed by atoms with van der Waals surface area (Å²) in [4.78, 5) is 2.37. The summed E-state index contributed by atoms with van der Waals surface area (Å²) in [7, 11) is -0.612. The quantitative estimate of drug-likeness (QED) is 0.785. The molecule has 1 aromatic rings. The molecule has 2 rings (SSSR count). The van der Waals surface area contributed by atoms with Crippen LogP contribution >= 0.6 is 0 Å². The first-order chi connectivity index (χ1) is 11.0. The second kappa shape index (κ2) is 7.96. The van der Waals surface area contributed by atoms with Crippen molar-refractivity contribution in [3.05, 3.63) is 18.2 Å². The van der Waals surface area contributed by atoms with E-state index in [0.717, 1.165) is 13.1 Å². The van der Waals surface area contributed by atoms with Crippen molar-refractivity contribution in [3.63, 3.8) is 0 Å². The van der Waals surface area contributed by atoms with Crippen LogP contribution in [0.3, 0.4) is 0 Å². The lowest BCUT2D eigenvalue weighted by Crippen LogP contribution is -2.47. The molecule has 0 aromatic heterocycles. The van der Waals surface area contributed by atoms with E-state index in [0.29, 0.717) is 31.3 Å². The number of ether oxygens (including phenoxy) is 3. The summed E-state index contributed by atoms with van der Waals surface area (Å²) < 4.78 is 43.1. The zero-order valence-corrected chi connectivity index (χ0v) is 14.6. The fourth-order valence-corrected chi connectivity index (χ4v) is 3.58. The molecule has 0 bridgehead atoms. The minimum absolute atomic E-state index is 0.105. The summed E-state index contributed by atoms with van der Waals surface area (Å²) >= 11 is 0. The van der Waals surface area contributed by atoms with E-state index < -0.39 is 10.0 Å². The van der Waals surface area contributed by atoms with Gasteiger partial charge in [0.25, 0.3) is 0 Å². The van der Waals surface area contributed by atoms with Crippen LogP contribution < -0.4 is 14.2 Å². The van der Waals surface area contributed by atoms with E-state index >= 15 is 0 Å². The van der Waals surface area contributed by atoms with E-state index in [-0.39, 0.29) is 10.9 Å². The zero-order chi connectivity index (χ0) is 16.9. The Bertz CT molecular complexity index is 614. The smallest absolute Gasteiger partial charge is 0.240 e. The molecule has 1 unspecified atom stereocenters. The molecular formula is C15H24N2O5S. The molecule has 1 saturated heterocycles. The van der Waals surface area contributed by atoms with Gasteiger partial charge in [0.05, 0.1) is 32.3 Å². The van der Waals surface area contributed by atoms with E-state index in [4.69, 9.17) is 14.2 Å². The molecule has 1 aromatic carbocycles. The van der Waals surface area contributed by atoms with Crippen LogP contribution in [0, 0.1) is 0 Å². The Balaban J connectivity index is 2.03. The molecule has 1 heterocycles. The third kappa shape index (κ3) is 4.57. The van der Waals surface area contributed by atoms with Crippen molar-refractivity contribution in [1.82, 2.24) is 9.62 Å². The average molecular weight is 344 g/mol. The summed E-state index contributed by atoms with van der Waals surface area (Å²) in [6.45, 7) is 5.36. The summed E-state index contributed by atoms with van der Waals surface area (Å²) in [6.07, 6.45) is 0. The van der Waals surface area contributed by atoms with Crippen molar-refractivity contribution in [1.29, 1.82) is 0 Å². The van der Waals surface area contributed by atoms with Crippen LogP contribution in [0.4, 0.5) is 0 Å². The van der Waals surface area contributed by atoms with Gasteiger partial charge in [0.2, 0.25) is 10.0 Å². The number of hydrogen-bond acceptors (Lipinski definition) is 6. The van der Waals surface area contributed by atoms with Gasteiger partial charge in [-0.1, -0.05) is 0 Å². The molecule has 130 valence electrons. The number of methoxy groups -OCH3 is 2. The third-order valence-corrected chi connectivity index (χ3v) is 5.32. The zero-order valence-electron chi connectivity index (χ0n) is 13.7. The second-order valence-corrected chi connectivity index (χ2v) is 7.13. The highest BCUT2D eigenvalue weighted by Gasteiger charge is 2.21. The highest BCUT2D eigenvalue weighted by Crippen LogP contribution is 2.29. The molecule has 1 aliphatic rings. The highest BCUT2D eigenvalue weighted by molar-refractivity contribution is 7.89. The lowest BCUT2D eigenvalue weighted by molar-refractivity contribution is 0.0213. The molecule has 23 heavy (non-hydrogen) atoms. The van der Waals surface area contributed by atoms with E-state index in [1.165, 1.54) is 26.4 Å². The Kier molecular flexibility index (Phi) is 6.23. The Morgan fingerprint density at radius 3 is 2.48 bits per heavy atom. The highest BCUT2D eigenvalue weighted by atomic mass is 32.2. The largest absolute Gasteiger partial charge is 0.493 e. The molecule has 7 nitrogen and oxygen atoms in total. The average Bonchev–Trinajstić information content (AvgIpc) is 2.59. The molecule has 1 aliphatic heterocycles. The van der Waals surface area contributed by atoms with Crippen molar-refractivity contribution in [3.8, 4) is 11.5 Å². The lowest BCUT2D eigenvalue weighted by atomic mass is 10.2. The van der Waals surface area contributed by atoms with Crippen LogP contribution in [0.2, 0.25) is 0 Å². The Morgan fingerprint density at radius 1 is 1.22 bits per heavy atom. The van der Waals surface area contributed by atoms with Gasteiger partial charge in [-0.2, -0.15) is 0 Å². The monoisotopic (exact) mass is 344 g/mol. The Labute approximate surface area is 137 Å². The minimum atomic E-state index is -3.60. The number of hydrogen-bond donors (Lipinski definition) is 1. The number of sulfonamides is 1. The molecule has 1 atom stereocenters. The van der Waals surface area contributed by atoms with Crippen LogP contribution in [0.1, 0.15) is 6.92 Å². The number of morpholine rings is 1. The minimum Gasteiger partial charge on any atom is -0.493 e. The normalized spacial score (nSPS) is 17.7. The molecule has 1 fully saturated rings. The van der Waals surface area contributed by atoms with Gasteiger partial charge in [-0.3, -0.25) is 4.90 Å². The van der Waals surface area contributed by atoms with E-state index in [1.807, 2.05) is 6.92 Å². The van der Waals surface area contributed by atoms with Crippen LogP contribution in [-0.2, 0) is 14.8 Å². The standard InChI is InChI=1S/C15H24N2O5S/c1-12(17-6-8-22-9-7-17)11-16-23(18,19)13-4-5-14(20-2)15(10-13)21-3/h4-5,10,12,16H,6-9,11H2,1-3H3. The first kappa shape index (κ1) is 18.0. The van der Waals surface area contributed by atoms with Gasteiger partial charge in [-0.25, -0.2) is 13.1 Å². The lowest BCUT2D eigenvalue weighted by Gasteiger charge is -2.32. The molecule has 0 amide bonds. The van der Waals surface area contributed by atoms with Gasteiger partial charge >= 0.3 is 0 Å². The molecular weight excluding hydrogens is 320 g/mol. The maximum atomic E-state index is 12.4. The molecule has 1 N–H and O–H groups in total. The first-order valence-electron chi connectivity index (χ1n) is 7.51. The third-order valence-electron chi connectivity index (χ3n) is 3.90. The van der Waals surface area contributed by atoms with Gasteiger partial charge in [0.15, 0.2) is 11.5 Å². The van der Waals surface area contributed by atoms with Gasteiger partial charge in [-0.05, 0) is 19.1 Å². The fraction of sp³-hybridized carbons (Fsp3) is 0.600. The van der Waals surface area contributed by atoms with E-state index in [2.05, 4.69) is 9.62 Å². The van der Waals surface area contributed by atoms with E-state index in [9.17, 15) is 8.42 Å². The van der Waals surface area contributed by atoms with Gasteiger partial charge in [0.1, 0.15) is 0 Å². The molecule has 0 aliphatic carbocycles. The topological polar surface area (TPSA) is 77.1 Å². The Morgan fingerprint density at radius 2 is 1.87 bits per heavy atom. The number of benzene rings is 1. The summed E-state index contributed by atoms with van der Waals surface area (Å²) in [5.41, 5.74) is 0. The predicted octanol–water partition coefficient (Wildman–Crippen LogP) is 0.703. The van der Waals surface area contributed by atoms with Crippen LogP contribution in [0.5, 0.6) is 11.5 Å². The van der Waals surface area contributed by atoms with Crippen molar-refractivity contribution < 1.29 is 22.6 Å². The summed E-state index contributed by atoms with van der Waals surface area (Å²) in [5, 5.41) is 0. The van der Waals surface area contributed by atoms with E-state index in [1.54, 1.807) is 6.07 Å².